The van der Waals surface area contributed by atoms with E-state index in [1.54, 1.807) is 6.20 Å². The Bertz CT molecular complexity index is 7810. The fraction of sp³-hybridized carbons (Fsp3) is 0.143. The molecule has 21 aromatic rings. The molecule has 0 spiro atoms. The number of nitrogens with zero attached hydrogens (tertiary/aromatic N) is 14. The largest absolute Gasteiger partial charge is 2.00 e. The van der Waals surface area contributed by atoms with Crippen molar-refractivity contribution in [3.8, 4) is 102 Å². The fourth-order valence-corrected chi connectivity index (χ4v) is 19.2. The Morgan fingerprint density at radius 1 is 0.264 bits per heavy atom. The molecule has 0 aliphatic rings. The van der Waals surface area contributed by atoms with Crippen LogP contribution in [0.5, 0.6) is 0 Å². The minimum atomic E-state index is -0.0712. The molecule has 14 nitrogen and oxygen atoms in total. The summed E-state index contributed by atoms with van der Waals surface area (Å²) in [5.74, 6) is 1.59. The van der Waals surface area contributed by atoms with Crippen molar-refractivity contribution in [1.82, 2.24) is 57.5 Å². The third-order valence-corrected chi connectivity index (χ3v) is 26.0. The molecule has 0 saturated carbocycles. The number of para-hydroxylation sites is 6. The minimum Gasteiger partial charge on any atom is -0.352 e. The maximum absolute atomic E-state index is 4.92. The number of anilines is 6. The standard InChI is InChI=1S/C46H37N5.C44H41BN4.C36H33N5.3Pt/c1-32-14-11-15-33(2)45(32)49-28-43(47-30-49)37-18-12-22-41(26-37)51(40-20-9-6-10-21-40)42-23-13-19-38(27-42)44-29-50(31-48-44)46-34(3)24-39(25-35(46)4)36-16-7-5-8-17-36;1-30(2)39-22-13-23-40(31(3)4)44(39)49-27-42(47-29-49)35-17-12-21-38(25-35)45(36-18-8-7-9-19-36)37-20-11-16-34(24-37)41-26-48(28-46-41)43-32(5)14-10-15-33(43)6;1-26(2)33-18-10-19-34(27(3)4)36(33)39-24-35(37-25-39)28-12-8-16-31(22-28)41(29-13-6-5-7-14-29)32-17-9-15-30(23-32)40-21-11-20-38-40;;;/h5-25,28-31H,1-4H3;7-23,26-31H,1-6H3;5-21,24-27H,1-4H3;;;/q3*-2;3*+2. The van der Waals surface area contributed by atoms with Crippen molar-refractivity contribution in [2.24, 2.45) is 0 Å². The van der Waals surface area contributed by atoms with Crippen LogP contribution in [0.15, 0.2) is 397 Å². The van der Waals surface area contributed by atoms with Crippen LogP contribution in [0.4, 0.5) is 34.1 Å². The van der Waals surface area contributed by atoms with Gasteiger partial charge in [0, 0.05) is 52.2 Å². The van der Waals surface area contributed by atoms with Gasteiger partial charge in [-0.3, -0.25) is 29.6 Å². The summed E-state index contributed by atoms with van der Waals surface area (Å²) >= 11 is 0. The van der Waals surface area contributed by atoms with Gasteiger partial charge >= 0.3 is 63.2 Å². The van der Waals surface area contributed by atoms with Crippen LogP contribution >= 0.6 is 0 Å². The third-order valence-electron chi connectivity index (χ3n) is 26.0. The van der Waals surface area contributed by atoms with Crippen LogP contribution < -0.4 is 26.2 Å². The monoisotopic (exact) mass is 2420 g/mol. The zero-order chi connectivity index (χ0) is 97.3. The quantitative estimate of drug-likeness (QED) is 0.0411. The summed E-state index contributed by atoms with van der Waals surface area (Å²) in [6.07, 6.45) is 23.8. The normalized spacial score (nSPS) is 11.1. The molecular weight excluding hydrogens is 2310 g/mol. The van der Waals surface area contributed by atoms with E-state index < -0.39 is 0 Å². The van der Waals surface area contributed by atoms with Gasteiger partial charge in [0.15, 0.2) is 0 Å². The number of benzene rings is 15. The van der Waals surface area contributed by atoms with E-state index in [1.165, 1.54) is 89.3 Å². The summed E-state index contributed by atoms with van der Waals surface area (Å²) in [5, 5.41) is 4.40. The van der Waals surface area contributed by atoms with E-state index >= 15 is 0 Å². The van der Waals surface area contributed by atoms with Crippen LogP contribution in [0.1, 0.15) is 135 Å². The van der Waals surface area contributed by atoms with Crippen LogP contribution in [0.3, 0.4) is 0 Å². The van der Waals surface area contributed by atoms with E-state index in [9.17, 15) is 0 Å². The summed E-state index contributed by atoms with van der Waals surface area (Å²) in [6, 6.07) is 134. The first-order valence-electron chi connectivity index (χ1n) is 48.4. The van der Waals surface area contributed by atoms with Crippen molar-refractivity contribution in [1.29, 1.82) is 0 Å². The molecule has 0 amide bonds. The molecular formula is C126H111BN14Pt3. The Hall–Kier alpha value is -14.7. The van der Waals surface area contributed by atoms with Crippen molar-refractivity contribution in [3.05, 3.63) is 489 Å². The van der Waals surface area contributed by atoms with Gasteiger partial charge in [-0.25, -0.2) is 0 Å². The zero-order valence-corrected chi connectivity index (χ0v) is 89.9. The Morgan fingerprint density at radius 3 is 0.896 bits per heavy atom. The predicted molar refractivity (Wildman–Crippen MR) is 579 cm³/mol. The summed E-state index contributed by atoms with van der Waals surface area (Å²) in [6.45, 7) is 30.8. The molecule has 6 heterocycles. The van der Waals surface area contributed by atoms with E-state index in [0.717, 1.165) is 118 Å². The number of aryl methyl sites for hydroxylation is 6. The minimum absolute atomic E-state index is 0. The van der Waals surface area contributed by atoms with Crippen molar-refractivity contribution in [2.75, 3.05) is 9.80 Å². The van der Waals surface area contributed by atoms with Gasteiger partial charge in [-0.1, -0.05) is 236 Å². The molecule has 0 unspecified atom stereocenters. The SMILES string of the molecule is CC(C)c1cccc(C(C)C)c1-n1cnc(-c2[c-]c(N(c3[c-]c(-n4cccn4)ccc3)c3ccccc3)ccc2)c1.Cc1cccc(C)c1-n1cnc(-c2[c-]c(B(c3[c-]c(-c4cn(-c5c(C(C)C)cccc5C(C)C)cn4)ccc3)c3ccccc3)ccc2)c1.Cc1cccc(C)c1-n1cnc(-c2[c-]c(N(c3[c-]c(-c4cn(-c5c(C)cc(-c6ccccc6)cc5C)cn4)ccc3)c3ccccc3)ccc2)c1.[Pt+2].[Pt+2].[Pt+2]. The number of rotatable bonds is 25. The molecule has 0 aliphatic heterocycles. The van der Waals surface area contributed by atoms with Crippen molar-refractivity contribution in [3.63, 3.8) is 0 Å². The predicted octanol–water partition coefficient (Wildman–Crippen LogP) is 28.8. The Balaban J connectivity index is 0.000000154. The van der Waals surface area contributed by atoms with Gasteiger partial charge in [0.05, 0.1) is 60.1 Å². The number of hydrogen-bond donors (Lipinski definition) is 0. The van der Waals surface area contributed by atoms with E-state index in [0.29, 0.717) is 23.7 Å². The van der Waals surface area contributed by atoms with Crippen LogP contribution in [0, 0.1) is 77.9 Å². The molecule has 144 heavy (non-hydrogen) atoms. The zero-order valence-electron chi connectivity index (χ0n) is 83.1. The Kier molecular flexibility index (Phi) is 32.7. The van der Waals surface area contributed by atoms with Crippen molar-refractivity contribution < 1.29 is 63.2 Å². The second kappa shape index (κ2) is 46.1. The smallest absolute Gasteiger partial charge is 0.352 e. The van der Waals surface area contributed by atoms with Crippen LogP contribution in [-0.2, 0) is 63.2 Å². The third kappa shape index (κ3) is 22.4. The van der Waals surface area contributed by atoms with Gasteiger partial charge in [-0.05, 0) is 228 Å². The second-order valence-electron chi connectivity index (χ2n) is 37.3. The average molecular weight is 2420 g/mol. The fourth-order valence-electron chi connectivity index (χ4n) is 19.2. The Labute approximate surface area is 890 Å². The number of imidazole rings is 5. The van der Waals surface area contributed by atoms with Gasteiger partial charge in [0.25, 0.3) is 0 Å². The van der Waals surface area contributed by atoms with Gasteiger partial charge in [-0.2, -0.15) is 22.1 Å². The molecule has 0 atom stereocenters. The summed E-state index contributed by atoms with van der Waals surface area (Å²) < 4.78 is 12.5. The summed E-state index contributed by atoms with van der Waals surface area (Å²) in [5.41, 5.74) is 39.7. The molecule has 21 rings (SSSR count). The number of hydrogen-bond acceptors (Lipinski definition) is 8. The van der Waals surface area contributed by atoms with Crippen LogP contribution in [0.2, 0.25) is 0 Å². The molecule has 6 aromatic heterocycles. The van der Waals surface area contributed by atoms with Crippen molar-refractivity contribution >= 4 is 57.2 Å². The van der Waals surface area contributed by atoms with E-state index in [1.807, 2.05) is 85.0 Å². The maximum Gasteiger partial charge on any atom is 2.00 e. The number of aromatic nitrogens is 12. The molecule has 15 aromatic carbocycles. The van der Waals surface area contributed by atoms with Crippen LogP contribution in [0.25, 0.3) is 102 Å². The van der Waals surface area contributed by atoms with Gasteiger partial charge < -0.3 is 32.6 Å². The van der Waals surface area contributed by atoms with E-state index in [-0.39, 0.29) is 69.9 Å². The maximum atomic E-state index is 4.92. The molecule has 0 radical (unpaired) electrons. The summed E-state index contributed by atoms with van der Waals surface area (Å²) in [4.78, 5) is 28.6. The topological polar surface area (TPSA) is 113 Å². The molecule has 0 N–H and O–H groups in total. The van der Waals surface area contributed by atoms with Crippen molar-refractivity contribution in [2.45, 2.75) is 121 Å². The molecule has 0 fully saturated rings. The van der Waals surface area contributed by atoms with Gasteiger partial charge in [0.1, 0.15) is 0 Å². The molecule has 0 saturated heterocycles. The molecule has 18 heteroatoms. The summed E-state index contributed by atoms with van der Waals surface area (Å²) in [7, 11) is 0. The molecule has 0 bridgehead atoms. The molecule has 0 aliphatic carbocycles. The van der Waals surface area contributed by atoms with Crippen LogP contribution in [-0.4, -0.2) is 64.2 Å². The average Bonchev–Trinajstić information content (AvgIpc) is 1.58. The van der Waals surface area contributed by atoms with Gasteiger partial charge in [-0.15, -0.1) is 167 Å². The first-order valence-corrected chi connectivity index (χ1v) is 48.4. The first kappa shape index (κ1) is 102. The second-order valence-corrected chi connectivity index (χ2v) is 37.3. The van der Waals surface area contributed by atoms with Gasteiger partial charge in [0.2, 0.25) is 6.71 Å². The Morgan fingerprint density at radius 2 is 0.556 bits per heavy atom. The molecule has 718 valence electrons. The first-order chi connectivity index (χ1) is 68.7. The van der Waals surface area contributed by atoms with E-state index in [2.05, 4.69) is 481 Å². The van der Waals surface area contributed by atoms with E-state index in [4.69, 9.17) is 24.9 Å².